The summed E-state index contributed by atoms with van der Waals surface area (Å²) in [6.07, 6.45) is 4.35. The Bertz CT molecular complexity index is 1110. The van der Waals surface area contributed by atoms with Crippen molar-refractivity contribution in [3.63, 3.8) is 0 Å². The van der Waals surface area contributed by atoms with E-state index in [9.17, 15) is 13.2 Å². The van der Waals surface area contributed by atoms with E-state index in [1.54, 1.807) is 4.31 Å². The minimum Gasteiger partial charge on any atom is -0.467 e. The summed E-state index contributed by atoms with van der Waals surface area (Å²) in [5.41, 5.74) is 3.76. The van der Waals surface area contributed by atoms with Crippen molar-refractivity contribution in [2.24, 2.45) is 5.92 Å². The predicted molar refractivity (Wildman–Crippen MR) is 114 cm³/mol. The number of hydrogen-bond donors (Lipinski definition) is 0. The van der Waals surface area contributed by atoms with E-state index in [1.807, 2.05) is 41.8 Å². The number of benzene rings is 1. The number of fused-ring (bicyclic) bond motifs is 6. The second-order valence-corrected chi connectivity index (χ2v) is 10.0. The fraction of sp³-hybridized carbons (Fsp3) is 0.476. The topological polar surface area (TPSA) is 68.6 Å². The van der Waals surface area contributed by atoms with Crippen LogP contribution in [0.2, 0.25) is 0 Å². The Hall–Kier alpha value is -1.83. The van der Waals surface area contributed by atoms with Crippen LogP contribution in [-0.4, -0.2) is 49.0 Å². The van der Waals surface area contributed by atoms with Gasteiger partial charge in [0.05, 0.1) is 19.4 Å². The Morgan fingerprint density at radius 2 is 2.07 bits per heavy atom. The highest BCUT2D eigenvalue weighted by Crippen LogP contribution is 2.52. The van der Waals surface area contributed by atoms with Gasteiger partial charge in [-0.1, -0.05) is 29.8 Å². The highest BCUT2D eigenvalue weighted by atomic mass is 35.5. The fourth-order valence-corrected chi connectivity index (χ4v) is 6.31. The van der Waals surface area contributed by atoms with Gasteiger partial charge in [0.1, 0.15) is 6.04 Å². The maximum atomic E-state index is 13.0. The van der Waals surface area contributed by atoms with Crippen molar-refractivity contribution in [3.05, 3.63) is 47.2 Å². The zero-order chi connectivity index (χ0) is 20.9. The SMILES string of the molecule is C/C=C1/CN(S(C)(=O)=O)[C@H]2C[C@@H]1[C@@H](C(=O)OC)n1c2c(CCCl)c2ccccc21. The van der Waals surface area contributed by atoms with E-state index in [2.05, 4.69) is 0 Å². The zero-order valence-electron chi connectivity index (χ0n) is 16.8. The predicted octanol–water partition coefficient (Wildman–Crippen LogP) is 3.42. The number of rotatable bonds is 4. The number of allylic oxidation sites excluding steroid dienone is 1. The lowest BCUT2D eigenvalue weighted by Gasteiger charge is -2.47. The van der Waals surface area contributed by atoms with Crippen molar-refractivity contribution in [1.29, 1.82) is 0 Å². The quantitative estimate of drug-likeness (QED) is 0.418. The number of esters is 1. The molecule has 2 aliphatic heterocycles. The van der Waals surface area contributed by atoms with E-state index >= 15 is 0 Å². The molecule has 156 valence electrons. The molecule has 0 radical (unpaired) electrons. The maximum absolute atomic E-state index is 13.0. The van der Waals surface area contributed by atoms with Crippen LogP contribution < -0.4 is 0 Å². The number of methoxy groups -OCH3 is 1. The normalized spacial score (nSPS) is 25.9. The smallest absolute Gasteiger partial charge is 0.329 e. The second kappa shape index (κ2) is 7.45. The first-order valence-corrected chi connectivity index (χ1v) is 12.1. The van der Waals surface area contributed by atoms with Crippen LogP contribution in [0.1, 0.15) is 36.7 Å². The van der Waals surface area contributed by atoms with Crippen molar-refractivity contribution in [2.45, 2.75) is 31.8 Å². The molecule has 3 atom stereocenters. The van der Waals surface area contributed by atoms with Gasteiger partial charge in [-0.25, -0.2) is 13.2 Å². The summed E-state index contributed by atoms with van der Waals surface area (Å²) in [5.74, 6) is 0.00149. The van der Waals surface area contributed by atoms with Crippen LogP contribution in [-0.2, 0) is 26.0 Å². The molecule has 2 aliphatic rings. The number of hydrogen-bond acceptors (Lipinski definition) is 4. The van der Waals surface area contributed by atoms with Crippen LogP contribution in [0.4, 0.5) is 0 Å². The molecule has 8 heteroatoms. The second-order valence-electron chi connectivity index (χ2n) is 7.69. The van der Waals surface area contributed by atoms with Gasteiger partial charge in [0.2, 0.25) is 10.0 Å². The van der Waals surface area contributed by atoms with Crippen LogP contribution >= 0.6 is 11.6 Å². The molecule has 1 fully saturated rings. The fourth-order valence-electron chi connectivity index (χ4n) is 5.09. The van der Waals surface area contributed by atoms with Crippen molar-refractivity contribution in [2.75, 3.05) is 25.8 Å². The molecule has 2 bridgehead atoms. The van der Waals surface area contributed by atoms with E-state index in [0.717, 1.165) is 27.7 Å². The van der Waals surface area contributed by atoms with Gasteiger partial charge in [0.25, 0.3) is 0 Å². The van der Waals surface area contributed by atoms with E-state index in [4.69, 9.17) is 16.3 Å². The number of carbonyl (C=O) groups is 1. The lowest BCUT2D eigenvalue weighted by Crippen LogP contribution is -2.49. The van der Waals surface area contributed by atoms with Gasteiger partial charge in [0, 0.05) is 34.9 Å². The van der Waals surface area contributed by atoms with Gasteiger partial charge in [-0.05, 0) is 31.4 Å². The van der Waals surface area contributed by atoms with Gasteiger partial charge < -0.3 is 9.30 Å². The first-order chi connectivity index (χ1) is 13.8. The largest absolute Gasteiger partial charge is 0.467 e. The minimum atomic E-state index is -3.44. The molecule has 1 aromatic carbocycles. The van der Waals surface area contributed by atoms with E-state index < -0.39 is 16.1 Å². The lowest BCUT2D eigenvalue weighted by molar-refractivity contribution is -0.147. The van der Waals surface area contributed by atoms with Crippen LogP contribution in [0.25, 0.3) is 10.9 Å². The molecule has 0 spiro atoms. The highest BCUT2D eigenvalue weighted by molar-refractivity contribution is 7.88. The minimum absolute atomic E-state index is 0.109. The molecule has 0 saturated carbocycles. The third kappa shape index (κ3) is 3.10. The zero-order valence-corrected chi connectivity index (χ0v) is 18.3. The molecular formula is C21H25ClN2O4S. The van der Waals surface area contributed by atoms with Crippen LogP contribution in [0.15, 0.2) is 35.9 Å². The lowest BCUT2D eigenvalue weighted by atomic mass is 9.77. The van der Waals surface area contributed by atoms with Gasteiger partial charge >= 0.3 is 5.97 Å². The van der Waals surface area contributed by atoms with Crippen molar-refractivity contribution in [3.8, 4) is 0 Å². The first-order valence-electron chi connectivity index (χ1n) is 9.70. The van der Waals surface area contributed by atoms with Crippen LogP contribution in [0, 0.1) is 5.92 Å². The average molecular weight is 437 g/mol. The molecule has 2 aromatic rings. The molecule has 1 aromatic heterocycles. The number of nitrogens with zero attached hydrogens (tertiary/aromatic N) is 2. The molecule has 29 heavy (non-hydrogen) atoms. The third-order valence-corrected chi connectivity index (χ3v) is 7.68. The van der Waals surface area contributed by atoms with Crippen molar-refractivity contribution < 1.29 is 17.9 Å². The standard InChI is InChI=1S/C21H25ClN2O4S/c1-4-13-12-23(29(3,26)27)18-11-16(13)20(21(25)28-2)24-17-8-6-5-7-14(17)15(9-10-22)19(18)24/h4-8,16,18,20H,9-12H2,1-3H3/b13-4-/t16-,18-,20-/m0/s1. The molecule has 6 nitrogen and oxygen atoms in total. The Labute approximate surface area is 176 Å². The van der Waals surface area contributed by atoms with Gasteiger partial charge in [-0.3, -0.25) is 0 Å². The van der Waals surface area contributed by atoms with E-state index in [1.165, 1.54) is 13.4 Å². The van der Waals surface area contributed by atoms with Crippen molar-refractivity contribution in [1.82, 2.24) is 8.87 Å². The molecular weight excluding hydrogens is 412 g/mol. The summed E-state index contributed by atoms with van der Waals surface area (Å²) < 4.78 is 34.1. The molecule has 4 rings (SSSR count). The van der Waals surface area contributed by atoms with Gasteiger partial charge in [-0.2, -0.15) is 4.31 Å². The summed E-state index contributed by atoms with van der Waals surface area (Å²) in [6.45, 7) is 2.19. The maximum Gasteiger partial charge on any atom is 0.329 e. The Balaban J connectivity index is 2.09. The molecule has 0 unspecified atom stereocenters. The summed E-state index contributed by atoms with van der Waals surface area (Å²) in [5, 5.41) is 1.01. The Kier molecular flexibility index (Phi) is 5.25. The van der Waals surface area contributed by atoms with Crippen molar-refractivity contribution >= 4 is 38.5 Å². The number of alkyl halides is 1. The number of aromatic nitrogens is 1. The highest BCUT2D eigenvalue weighted by Gasteiger charge is 2.50. The number of ether oxygens (including phenoxy) is 1. The monoisotopic (exact) mass is 436 g/mol. The number of aryl methyl sites for hydroxylation is 1. The summed E-state index contributed by atoms with van der Waals surface area (Å²) in [6, 6.07) is 7.04. The molecule has 0 aliphatic carbocycles. The number of para-hydroxylation sites is 1. The molecule has 0 amide bonds. The number of piperidine rings is 1. The summed E-state index contributed by atoms with van der Waals surface area (Å²) in [7, 11) is -2.04. The number of carbonyl (C=O) groups excluding carboxylic acids is 1. The Morgan fingerprint density at radius 1 is 1.34 bits per heavy atom. The third-order valence-electron chi connectivity index (χ3n) is 6.26. The van der Waals surface area contributed by atoms with E-state index in [-0.39, 0.29) is 17.9 Å². The first kappa shape index (κ1) is 20.4. The van der Waals surface area contributed by atoms with Gasteiger partial charge in [0.15, 0.2) is 0 Å². The van der Waals surface area contributed by atoms with Gasteiger partial charge in [-0.15, -0.1) is 11.6 Å². The molecule has 3 heterocycles. The molecule has 1 saturated heterocycles. The average Bonchev–Trinajstić information content (AvgIpc) is 3.02. The molecule has 0 N–H and O–H groups in total. The van der Waals surface area contributed by atoms with Crippen LogP contribution in [0.3, 0.4) is 0 Å². The number of halogens is 1. The van der Waals surface area contributed by atoms with Crippen LogP contribution in [0.5, 0.6) is 0 Å². The Morgan fingerprint density at radius 3 is 2.69 bits per heavy atom. The van der Waals surface area contributed by atoms with E-state index in [0.29, 0.717) is 25.3 Å². The number of sulfonamides is 1. The summed E-state index contributed by atoms with van der Waals surface area (Å²) >= 11 is 6.13. The summed E-state index contributed by atoms with van der Waals surface area (Å²) in [4.78, 5) is 13.0.